The number of halogens is 1. The van der Waals surface area contributed by atoms with Crippen LogP contribution in [0.1, 0.15) is 18.0 Å². The first-order valence-electron chi connectivity index (χ1n) is 8.70. The Morgan fingerprint density at radius 3 is 2.93 bits per heavy atom. The van der Waals surface area contributed by atoms with Gasteiger partial charge < -0.3 is 9.88 Å². The van der Waals surface area contributed by atoms with Crippen LogP contribution in [0.4, 0.5) is 4.39 Å². The van der Waals surface area contributed by atoms with Gasteiger partial charge in [0.2, 0.25) is 5.91 Å². The maximum atomic E-state index is 14.0. The number of nitrogens with one attached hydrogen (secondary N) is 1. The number of imidazole rings is 1. The second kappa shape index (κ2) is 6.93. The number of aryl methyl sites for hydroxylation is 2. The van der Waals surface area contributed by atoms with Gasteiger partial charge >= 0.3 is 5.69 Å². The van der Waals surface area contributed by atoms with Crippen molar-refractivity contribution in [1.29, 1.82) is 0 Å². The smallest absolute Gasteiger partial charge is 0.332 e. The lowest BCUT2D eigenvalue weighted by atomic mass is 10.0. The van der Waals surface area contributed by atoms with Crippen molar-refractivity contribution in [3.05, 3.63) is 56.7 Å². The fourth-order valence-corrected chi connectivity index (χ4v) is 4.60. The number of amides is 1. The maximum absolute atomic E-state index is 14.0. The van der Waals surface area contributed by atoms with Gasteiger partial charge in [0.15, 0.2) is 11.2 Å². The SMILES string of the molecule is Cn1cnc2c1c(=O)n(CC(=O)NC1CCSc3c(F)cccc31)c(=O)n2C. The van der Waals surface area contributed by atoms with E-state index in [2.05, 4.69) is 10.3 Å². The van der Waals surface area contributed by atoms with Crippen molar-refractivity contribution in [3.63, 3.8) is 0 Å². The molecule has 0 aliphatic carbocycles. The fraction of sp³-hybridized carbons (Fsp3) is 0.333. The first-order chi connectivity index (χ1) is 13.4. The number of rotatable bonds is 3. The minimum atomic E-state index is -0.614. The summed E-state index contributed by atoms with van der Waals surface area (Å²) in [6, 6.07) is 4.42. The molecular formula is C18H18FN5O3S. The number of aromatic nitrogens is 4. The fourth-order valence-electron chi connectivity index (χ4n) is 3.46. The van der Waals surface area contributed by atoms with Crippen LogP contribution in [0.15, 0.2) is 39.0 Å². The van der Waals surface area contributed by atoms with E-state index in [-0.39, 0.29) is 23.0 Å². The summed E-state index contributed by atoms with van der Waals surface area (Å²) in [5.41, 5.74) is 0.0436. The number of hydrogen-bond donors (Lipinski definition) is 1. The Bertz CT molecular complexity index is 1210. The van der Waals surface area contributed by atoms with E-state index in [0.29, 0.717) is 22.6 Å². The molecule has 1 atom stereocenters. The molecule has 0 fully saturated rings. The molecule has 1 unspecified atom stereocenters. The largest absolute Gasteiger partial charge is 0.348 e. The lowest BCUT2D eigenvalue weighted by Gasteiger charge is -2.26. The number of thioether (sulfide) groups is 1. The highest BCUT2D eigenvalue weighted by Crippen LogP contribution is 2.37. The van der Waals surface area contributed by atoms with Crippen LogP contribution in [0, 0.1) is 5.82 Å². The molecule has 28 heavy (non-hydrogen) atoms. The molecule has 3 aromatic rings. The minimum absolute atomic E-state index is 0.247. The zero-order valence-electron chi connectivity index (χ0n) is 15.3. The van der Waals surface area contributed by atoms with Gasteiger partial charge in [-0.3, -0.25) is 14.2 Å². The number of carbonyl (C=O) groups is 1. The van der Waals surface area contributed by atoms with Crippen molar-refractivity contribution in [2.24, 2.45) is 14.1 Å². The van der Waals surface area contributed by atoms with Gasteiger partial charge in [0.25, 0.3) is 5.56 Å². The topological polar surface area (TPSA) is 90.9 Å². The van der Waals surface area contributed by atoms with Crippen LogP contribution in [-0.4, -0.2) is 30.3 Å². The van der Waals surface area contributed by atoms with Gasteiger partial charge in [-0.25, -0.2) is 18.7 Å². The lowest BCUT2D eigenvalue weighted by Crippen LogP contribution is -2.44. The molecule has 1 aliphatic rings. The van der Waals surface area contributed by atoms with Gasteiger partial charge in [0, 0.05) is 24.7 Å². The van der Waals surface area contributed by atoms with Crippen molar-refractivity contribution in [3.8, 4) is 0 Å². The van der Waals surface area contributed by atoms with Crippen molar-refractivity contribution in [2.75, 3.05) is 5.75 Å². The van der Waals surface area contributed by atoms with Gasteiger partial charge in [-0.1, -0.05) is 12.1 Å². The molecule has 10 heteroatoms. The Morgan fingerprint density at radius 2 is 2.14 bits per heavy atom. The summed E-state index contributed by atoms with van der Waals surface area (Å²) in [6.45, 7) is -0.416. The molecule has 1 aliphatic heterocycles. The van der Waals surface area contributed by atoms with Gasteiger partial charge in [-0.2, -0.15) is 0 Å². The zero-order valence-corrected chi connectivity index (χ0v) is 16.1. The molecule has 0 spiro atoms. The summed E-state index contributed by atoms with van der Waals surface area (Å²) < 4.78 is 17.7. The van der Waals surface area contributed by atoms with Crippen LogP contribution in [0.2, 0.25) is 0 Å². The summed E-state index contributed by atoms with van der Waals surface area (Å²) in [5.74, 6) is -0.122. The molecule has 0 bridgehead atoms. The average molecular weight is 403 g/mol. The van der Waals surface area contributed by atoms with E-state index in [4.69, 9.17) is 0 Å². The molecule has 8 nitrogen and oxygen atoms in total. The summed E-state index contributed by atoms with van der Waals surface area (Å²) in [6.07, 6.45) is 2.08. The molecule has 146 valence electrons. The molecule has 2 aromatic heterocycles. The molecule has 1 N–H and O–H groups in total. The van der Waals surface area contributed by atoms with Crippen LogP contribution < -0.4 is 16.6 Å². The van der Waals surface area contributed by atoms with E-state index in [0.717, 1.165) is 4.57 Å². The van der Waals surface area contributed by atoms with Crippen LogP contribution in [0.5, 0.6) is 0 Å². The Balaban J connectivity index is 1.64. The normalized spacial score (nSPS) is 16.2. The lowest BCUT2D eigenvalue weighted by molar-refractivity contribution is -0.122. The average Bonchev–Trinajstić information content (AvgIpc) is 3.06. The quantitative estimate of drug-likeness (QED) is 0.703. The predicted molar refractivity (Wildman–Crippen MR) is 103 cm³/mol. The van der Waals surface area contributed by atoms with Crippen LogP contribution >= 0.6 is 11.8 Å². The molecule has 4 rings (SSSR count). The van der Waals surface area contributed by atoms with E-state index in [1.807, 2.05) is 0 Å². The highest BCUT2D eigenvalue weighted by atomic mass is 32.2. The number of fused-ring (bicyclic) bond motifs is 2. The van der Waals surface area contributed by atoms with Crippen molar-refractivity contribution < 1.29 is 9.18 Å². The zero-order chi connectivity index (χ0) is 20.0. The summed E-state index contributed by atoms with van der Waals surface area (Å²) >= 11 is 1.42. The Morgan fingerprint density at radius 1 is 1.36 bits per heavy atom. The van der Waals surface area contributed by atoms with Gasteiger partial charge in [0.1, 0.15) is 12.4 Å². The molecule has 0 saturated heterocycles. The molecule has 1 aromatic carbocycles. The monoisotopic (exact) mass is 403 g/mol. The molecule has 0 saturated carbocycles. The summed E-state index contributed by atoms with van der Waals surface area (Å²) in [7, 11) is 3.15. The molecule has 0 radical (unpaired) electrons. The van der Waals surface area contributed by atoms with Gasteiger partial charge in [0.05, 0.1) is 12.4 Å². The second-order valence-electron chi connectivity index (χ2n) is 6.68. The van der Waals surface area contributed by atoms with Crippen molar-refractivity contribution in [2.45, 2.75) is 23.9 Å². The van der Waals surface area contributed by atoms with E-state index in [1.165, 1.54) is 40.3 Å². The molecular weight excluding hydrogens is 385 g/mol. The van der Waals surface area contributed by atoms with E-state index in [1.54, 1.807) is 19.2 Å². The number of carbonyl (C=O) groups excluding carboxylic acids is 1. The number of benzene rings is 1. The van der Waals surface area contributed by atoms with Gasteiger partial charge in [-0.05, 0) is 18.1 Å². The van der Waals surface area contributed by atoms with Crippen LogP contribution in [0.25, 0.3) is 11.2 Å². The standard InChI is InChI=1S/C18H18FN5O3S/c1-22-9-20-16-14(22)17(26)24(18(27)23(16)2)8-13(25)21-12-6-7-28-15-10(12)4-3-5-11(15)19/h3-5,9,12H,6-8H2,1-2H3,(H,21,25). The molecule has 3 heterocycles. The second-order valence-corrected chi connectivity index (χ2v) is 7.78. The van der Waals surface area contributed by atoms with E-state index >= 15 is 0 Å². The third-order valence-corrected chi connectivity index (χ3v) is 6.02. The minimum Gasteiger partial charge on any atom is -0.348 e. The molecule has 1 amide bonds. The summed E-state index contributed by atoms with van der Waals surface area (Å²) in [5, 5.41) is 2.83. The number of nitrogens with zero attached hydrogens (tertiary/aromatic N) is 4. The number of hydrogen-bond acceptors (Lipinski definition) is 5. The highest BCUT2D eigenvalue weighted by Gasteiger charge is 2.25. The van der Waals surface area contributed by atoms with Gasteiger partial charge in [-0.15, -0.1) is 11.8 Å². The van der Waals surface area contributed by atoms with Crippen LogP contribution in [0.3, 0.4) is 0 Å². The Labute approximate surface area is 163 Å². The van der Waals surface area contributed by atoms with E-state index in [9.17, 15) is 18.8 Å². The van der Waals surface area contributed by atoms with Crippen molar-refractivity contribution in [1.82, 2.24) is 24.0 Å². The third-order valence-electron chi connectivity index (χ3n) is 4.86. The van der Waals surface area contributed by atoms with E-state index < -0.39 is 23.7 Å². The Hall–Kier alpha value is -2.88. The highest BCUT2D eigenvalue weighted by molar-refractivity contribution is 7.99. The Kier molecular flexibility index (Phi) is 4.58. The summed E-state index contributed by atoms with van der Waals surface area (Å²) in [4.78, 5) is 42.4. The maximum Gasteiger partial charge on any atom is 0.332 e. The first kappa shape index (κ1) is 18.5. The van der Waals surface area contributed by atoms with Crippen LogP contribution in [-0.2, 0) is 25.4 Å². The van der Waals surface area contributed by atoms with Crippen molar-refractivity contribution >= 4 is 28.8 Å². The predicted octanol–water partition coefficient (Wildman–Crippen LogP) is 0.926. The first-order valence-corrected chi connectivity index (χ1v) is 9.68. The third kappa shape index (κ3) is 2.93.